The van der Waals surface area contributed by atoms with Crippen molar-refractivity contribution in [3.05, 3.63) is 53.2 Å². The van der Waals surface area contributed by atoms with Crippen molar-refractivity contribution >= 4 is 50.8 Å². The van der Waals surface area contributed by atoms with Crippen LogP contribution in [0.15, 0.2) is 52.7 Å². The third-order valence-corrected chi connectivity index (χ3v) is 6.93. The first-order valence-corrected chi connectivity index (χ1v) is 11.6. The van der Waals surface area contributed by atoms with Crippen molar-refractivity contribution in [3.8, 4) is 0 Å². The number of carbonyl (C=O) groups excluding carboxylic acids is 1. The Hall–Kier alpha value is -3.53. The van der Waals surface area contributed by atoms with E-state index < -0.39 is 0 Å². The summed E-state index contributed by atoms with van der Waals surface area (Å²) in [5, 5.41) is 1.65. The molecular formula is C22H21N7O2S. The quantitative estimate of drug-likeness (QED) is 0.366. The molecule has 0 radical (unpaired) electrons. The highest BCUT2D eigenvalue weighted by molar-refractivity contribution is 7.99. The van der Waals surface area contributed by atoms with Gasteiger partial charge in [-0.1, -0.05) is 23.9 Å². The second-order valence-electron chi connectivity index (χ2n) is 8.04. The molecule has 9 nitrogen and oxygen atoms in total. The number of amides is 1. The van der Waals surface area contributed by atoms with E-state index in [2.05, 4.69) is 24.9 Å². The second kappa shape index (κ2) is 7.56. The first-order valence-electron chi connectivity index (χ1n) is 10.6. The number of benzene rings is 1. The van der Waals surface area contributed by atoms with E-state index >= 15 is 0 Å². The van der Waals surface area contributed by atoms with E-state index in [1.807, 2.05) is 41.4 Å². The number of hydrogen-bond acceptors (Lipinski definition) is 5. The molecule has 1 aliphatic heterocycles. The molecule has 0 bridgehead atoms. The van der Waals surface area contributed by atoms with Gasteiger partial charge in [0.2, 0.25) is 5.91 Å². The number of imidazole rings is 2. The Balaban J connectivity index is 1.22. The molecule has 0 unspecified atom stereocenters. The molecule has 1 aromatic carbocycles. The Morgan fingerprint density at radius 2 is 2.09 bits per heavy atom. The van der Waals surface area contributed by atoms with E-state index in [0.717, 1.165) is 45.6 Å². The minimum atomic E-state index is -0.161. The number of H-pyrrole nitrogens is 3. The van der Waals surface area contributed by atoms with Crippen LogP contribution >= 0.6 is 11.8 Å². The highest BCUT2D eigenvalue weighted by atomic mass is 32.2. The van der Waals surface area contributed by atoms with Crippen LogP contribution in [-0.2, 0) is 4.79 Å². The van der Waals surface area contributed by atoms with E-state index in [4.69, 9.17) is 0 Å². The molecule has 162 valence electrons. The lowest BCUT2D eigenvalue weighted by Gasteiger charge is -2.33. The van der Waals surface area contributed by atoms with Crippen LogP contribution in [0.4, 0.5) is 0 Å². The summed E-state index contributed by atoms with van der Waals surface area (Å²) < 4.78 is 1.80. The minimum Gasteiger partial charge on any atom is -0.346 e. The zero-order valence-electron chi connectivity index (χ0n) is 17.2. The van der Waals surface area contributed by atoms with Crippen LogP contribution in [0.3, 0.4) is 0 Å². The van der Waals surface area contributed by atoms with Crippen LogP contribution in [0.2, 0.25) is 0 Å². The van der Waals surface area contributed by atoms with Gasteiger partial charge in [-0.2, -0.15) is 0 Å². The van der Waals surface area contributed by atoms with Crippen LogP contribution in [0.5, 0.6) is 0 Å². The van der Waals surface area contributed by atoms with Gasteiger partial charge in [0.05, 0.1) is 40.1 Å². The van der Waals surface area contributed by atoms with E-state index in [0.29, 0.717) is 24.4 Å². The fourth-order valence-electron chi connectivity index (χ4n) is 4.58. The first-order chi connectivity index (χ1) is 15.7. The van der Waals surface area contributed by atoms with Gasteiger partial charge in [-0.25, -0.2) is 14.8 Å². The maximum absolute atomic E-state index is 13.0. The van der Waals surface area contributed by atoms with Gasteiger partial charge in [0.1, 0.15) is 5.65 Å². The molecule has 0 aliphatic carbocycles. The lowest BCUT2D eigenvalue weighted by molar-refractivity contribution is -0.129. The van der Waals surface area contributed by atoms with Gasteiger partial charge in [0, 0.05) is 24.7 Å². The lowest BCUT2D eigenvalue weighted by Crippen LogP contribution is -2.43. The Morgan fingerprint density at radius 1 is 1.19 bits per heavy atom. The summed E-state index contributed by atoms with van der Waals surface area (Å²) >= 11 is 1.41. The van der Waals surface area contributed by atoms with Gasteiger partial charge in [-0.15, -0.1) is 0 Å². The fourth-order valence-corrected chi connectivity index (χ4v) is 5.37. The first kappa shape index (κ1) is 19.2. The number of piperidine rings is 1. The molecule has 1 aliphatic rings. The Bertz CT molecular complexity index is 1480. The van der Waals surface area contributed by atoms with Crippen molar-refractivity contribution in [1.29, 1.82) is 0 Å². The number of likely N-dealkylation sites (tertiary alicyclic amines) is 1. The Labute approximate surface area is 186 Å². The third-order valence-electron chi connectivity index (χ3n) is 6.07. The SMILES string of the molecule is O=C(CSc1nc2ccccc2[nH]1)N1CCC[C@@H](n2c(=O)[nH]c3cnc4[nH]ccc4c32)C1. The van der Waals surface area contributed by atoms with Gasteiger partial charge in [-0.3, -0.25) is 9.36 Å². The van der Waals surface area contributed by atoms with E-state index in [-0.39, 0.29) is 17.6 Å². The van der Waals surface area contributed by atoms with Crippen LogP contribution in [0.1, 0.15) is 18.9 Å². The molecule has 4 aromatic heterocycles. The normalized spacial score (nSPS) is 17.0. The molecule has 5 aromatic rings. The monoisotopic (exact) mass is 447 g/mol. The van der Waals surface area contributed by atoms with E-state index in [1.54, 1.807) is 10.8 Å². The van der Waals surface area contributed by atoms with E-state index in [1.165, 1.54) is 11.8 Å². The standard InChI is InChI=1S/C22H21N7O2S/c30-18(12-32-21-25-15-5-1-2-6-16(15)26-21)28-9-3-4-13(11-28)29-19-14-7-8-23-20(14)24-10-17(19)27-22(29)31/h1-2,5-8,10,13H,3-4,9,11-12H2,(H,23,24)(H,25,26)(H,27,31)/t13-/m1/s1. The molecule has 32 heavy (non-hydrogen) atoms. The maximum Gasteiger partial charge on any atom is 0.326 e. The van der Waals surface area contributed by atoms with Gasteiger partial charge in [-0.05, 0) is 31.0 Å². The highest BCUT2D eigenvalue weighted by Gasteiger charge is 2.28. The molecule has 6 rings (SSSR count). The largest absolute Gasteiger partial charge is 0.346 e. The number of nitrogens with one attached hydrogen (secondary N) is 3. The van der Waals surface area contributed by atoms with Gasteiger partial charge >= 0.3 is 5.69 Å². The lowest BCUT2D eigenvalue weighted by atomic mass is 10.1. The summed E-state index contributed by atoms with van der Waals surface area (Å²) in [5.74, 6) is 0.364. The number of rotatable bonds is 4. The fraction of sp³-hybridized carbons (Fsp3) is 0.273. The molecule has 1 amide bonds. The number of hydrogen-bond donors (Lipinski definition) is 3. The van der Waals surface area contributed by atoms with Crippen molar-refractivity contribution in [2.75, 3.05) is 18.8 Å². The van der Waals surface area contributed by atoms with Gasteiger partial charge in [0.15, 0.2) is 5.16 Å². The summed E-state index contributed by atoms with van der Waals surface area (Å²) in [6.07, 6.45) is 5.21. The van der Waals surface area contributed by atoms with Crippen LogP contribution in [-0.4, -0.2) is 59.1 Å². The molecule has 0 spiro atoms. The summed E-state index contributed by atoms with van der Waals surface area (Å²) in [4.78, 5) is 45.8. The number of nitrogens with zero attached hydrogens (tertiary/aromatic N) is 4. The molecule has 10 heteroatoms. The van der Waals surface area contributed by atoms with Gasteiger partial charge < -0.3 is 19.9 Å². The number of pyridine rings is 1. The number of aromatic nitrogens is 6. The molecular weight excluding hydrogens is 426 g/mol. The second-order valence-corrected chi connectivity index (χ2v) is 9.01. The topological polar surface area (TPSA) is 115 Å². The molecule has 5 heterocycles. The summed E-state index contributed by atoms with van der Waals surface area (Å²) in [6, 6.07) is 9.68. The van der Waals surface area contributed by atoms with Crippen LogP contribution in [0.25, 0.3) is 33.1 Å². The Kier molecular flexibility index (Phi) is 4.53. The molecule has 1 fully saturated rings. The average Bonchev–Trinajstić information content (AvgIpc) is 3.52. The zero-order valence-corrected chi connectivity index (χ0v) is 18.0. The predicted molar refractivity (Wildman–Crippen MR) is 124 cm³/mol. The summed E-state index contributed by atoms with van der Waals surface area (Å²) in [5.41, 5.74) is 4.00. The Morgan fingerprint density at radius 3 is 3.00 bits per heavy atom. The van der Waals surface area contributed by atoms with Crippen molar-refractivity contribution in [3.63, 3.8) is 0 Å². The summed E-state index contributed by atoms with van der Waals surface area (Å²) in [6.45, 7) is 1.22. The molecule has 1 atom stereocenters. The van der Waals surface area contributed by atoms with E-state index in [9.17, 15) is 9.59 Å². The summed E-state index contributed by atoms with van der Waals surface area (Å²) in [7, 11) is 0. The van der Waals surface area contributed by atoms with Crippen LogP contribution in [0, 0.1) is 0 Å². The smallest absolute Gasteiger partial charge is 0.326 e. The highest BCUT2D eigenvalue weighted by Crippen LogP contribution is 2.28. The number of carbonyl (C=O) groups is 1. The average molecular weight is 448 g/mol. The zero-order chi connectivity index (χ0) is 21.7. The predicted octanol–water partition coefficient (Wildman–Crippen LogP) is 3.04. The molecule has 1 saturated heterocycles. The number of fused-ring (bicyclic) bond motifs is 4. The van der Waals surface area contributed by atoms with Crippen molar-refractivity contribution in [2.24, 2.45) is 0 Å². The van der Waals surface area contributed by atoms with Crippen LogP contribution < -0.4 is 5.69 Å². The minimum absolute atomic E-state index is 0.0569. The molecule has 0 saturated carbocycles. The number of aromatic amines is 3. The molecule has 3 N–H and O–H groups in total. The van der Waals surface area contributed by atoms with Crippen molar-refractivity contribution < 1.29 is 4.79 Å². The van der Waals surface area contributed by atoms with Crippen molar-refractivity contribution in [1.82, 2.24) is 34.4 Å². The number of thioether (sulfide) groups is 1. The third kappa shape index (κ3) is 3.18. The maximum atomic E-state index is 13.0. The van der Waals surface area contributed by atoms with Crippen molar-refractivity contribution in [2.45, 2.75) is 24.0 Å². The number of para-hydroxylation sites is 2. The van der Waals surface area contributed by atoms with Gasteiger partial charge in [0.25, 0.3) is 0 Å².